The van der Waals surface area contributed by atoms with Crippen molar-refractivity contribution in [3.05, 3.63) is 51.5 Å². The molecule has 0 aliphatic rings. The summed E-state index contributed by atoms with van der Waals surface area (Å²) in [4.78, 5) is 11.7. The number of esters is 1. The molecule has 0 unspecified atom stereocenters. The minimum absolute atomic E-state index is 0.355. The molecule has 0 atom stereocenters. The van der Waals surface area contributed by atoms with Crippen molar-refractivity contribution >= 4 is 39.0 Å². The summed E-state index contributed by atoms with van der Waals surface area (Å²) in [5.41, 5.74) is 10.6. The van der Waals surface area contributed by atoms with Crippen LogP contribution in [0.5, 0.6) is 0 Å². The van der Waals surface area contributed by atoms with E-state index in [1.54, 1.807) is 12.1 Å². The highest BCUT2D eigenvalue weighted by molar-refractivity contribution is 9.10. The van der Waals surface area contributed by atoms with E-state index in [4.69, 9.17) is 10.5 Å². The maximum atomic E-state index is 11.7. The van der Waals surface area contributed by atoms with Gasteiger partial charge in [-0.2, -0.15) is 0 Å². The Morgan fingerprint density at radius 3 is 2.43 bits per heavy atom. The van der Waals surface area contributed by atoms with Crippen LogP contribution in [0.1, 0.15) is 21.5 Å². The van der Waals surface area contributed by atoms with Gasteiger partial charge in [0.05, 0.1) is 24.0 Å². The Morgan fingerprint density at radius 2 is 1.86 bits per heavy atom. The average molecular weight is 349 g/mol. The number of para-hydroxylation sites is 1. The second-order valence-corrected chi connectivity index (χ2v) is 5.60. The first kappa shape index (κ1) is 15.4. The van der Waals surface area contributed by atoms with Gasteiger partial charge in [0.1, 0.15) is 0 Å². The number of rotatable bonds is 3. The van der Waals surface area contributed by atoms with Gasteiger partial charge in [-0.1, -0.05) is 22.0 Å². The Bertz CT molecular complexity index is 676. The van der Waals surface area contributed by atoms with E-state index in [0.29, 0.717) is 16.9 Å². The number of halogens is 1. The number of nitrogen functional groups attached to an aromatic ring is 1. The summed E-state index contributed by atoms with van der Waals surface area (Å²) >= 11 is 3.54. The van der Waals surface area contributed by atoms with E-state index in [9.17, 15) is 4.79 Å². The number of aryl methyl sites for hydroxylation is 2. The summed E-state index contributed by atoms with van der Waals surface area (Å²) in [5.74, 6) is -0.445. The van der Waals surface area contributed by atoms with Crippen LogP contribution in [0.25, 0.3) is 0 Å². The van der Waals surface area contributed by atoms with Crippen LogP contribution in [0.15, 0.2) is 34.8 Å². The van der Waals surface area contributed by atoms with Gasteiger partial charge in [0.15, 0.2) is 0 Å². The molecule has 0 aromatic heterocycles. The van der Waals surface area contributed by atoms with E-state index in [2.05, 4.69) is 21.2 Å². The van der Waals surface area contributed by atoms with E-state index in [-0.39, 0.29) is 0 Å². The molecule has 0 radical (unpaired) electrons. The van der Waals surface area contributed by atoms with Crippen molar-refractivity contribution in [1.29, 1.82) is 0 Å². The number of carbonyl (C=O) groups is 1. The summed E-state index contributed by atoms with van der Waals surface area (Å²) < 4.78 is 5.81. The minimum Gasteiger partial charge on any atom is -0.465 e. The molecular formula is C16H17BrN2O2. The fraction of sp³-hybridized carbons (Fsp3) is 0.188. The topological polar surface area (TPSA) is 64.3 Å². The predicted molar refractivity (Wildman–Crippen MR) is 89.1 cm³/mol. The number of nitrogens with two attached hydrogens (primary N) is 1. The van der Waals surface area contributed by atoms with Gasteiger partial charge in [-0.15, -0.1) is 0 Å². The van der Waals surface area contributed by atoms with Crippen LogP contribution in [0.2, 0.25) is 0 Å². The summed E-state index contributed by atoms with van der Waals surface area (Å²) in [6.07, 6.45) is 0. The molecular weight excluding hydrogens is 332 g/mol. The molecule has 2 rings (SSSR count). The van der Waals surface area contributed by atoms with Crippen LogP contribution in [-0.4, -0.2) is 13.1 Å². The number of ether oxygens (including phenoxy) is 1. The van der Waals surface area contributed by atoms with Crippen molar-refractivity contribution in [2.24, 2.45) is 0 Å². The van der Waals surface area contributed by atoms with Gasteiger partial charge in [0, 0.05) is 10.2 Å². The smallest absolute Gasteiger partial charge is 0.340 e. The second-order valence-electron chi connectivity index (χ2n) is 4.81. The Hall–Kier alpha value is -2.01. The van der Waals surface area contributed by atoms with E-state index in [1.807, 2.05) is 32.0 Å². The molecule has 0 saturated carbocycles. The van der Waals surface area contributed by atoms with Crippen molar-refractivity contribution in [1.82, 2.24) is 0 Å². The largest absolute Gasteiger partial charge is 0.465 e. The molecule has 0 spiro atoms. The summed E-state index contributed by atoms with van der Waals surface area (Å²) in [6.45, 7) is 4.05. The predicted octanol–water partition coefficient (Wildman–Crippen LogP) is 4.18. The molecule has 0 amide bonds. The van der Waals surface area contributed by atoms with Gasteiger partial charge in [-0.05, 0) is 49.2 Å². The molecule has 0 aliphatic heterocycles. The van der Waals surface area contributed by atoms with Gasteiger partial charge in [-0.3, -0.25) is 0 Å². The molecule has 0 fully saturated rings. The van der Waals surface area contributed by atoms with Gasteiger partial charge >= 0.3 is 5.97 Å². The molecule has 0 saturated heterocycles. The molecule has 0 heterocycles. The first-order chi connectivity index (χ1) is 9.93. The Labute approximate surface area is 132 Å². The molecule has 5 heteroatoms. The van der Waals surface area contributed by atoms with Crippen molar-refractivity contribution in [2.45, 2.75) is 13.8 Å². The number of nitrogens with one attached hydrogen (secondary N) is 1. The molecule has 2 aromatic carbocycles. The average Bonchev–Trinajstić information content (AvgIpc) is 2.46. The highest BCUT2D eigenvalue weighted by atomic mass is 79.9. The third-order valence-electron chi connectivity index (χ3n) is 3.23. The zero-order chi connectivity index (χ0) is 15.6. The quantitative estimate of drug-likeness (QED) is 0.645. The Morgan fingerprint density at radius 1 is 1.24 bits per heavy atom. The van der Waals surface area contributed by atoms with E-state index >= 15 is 0 Å². The molecule has 2 aromatic rings. The second kappa shape index (κ2) is 6.18. The van der Waals surface area contributed by atoms with E-state index < -0.39 is 5.97 Å². The Kier molecular flexibility index (Phi) is 4.53. The van der Waals surface area contributed by atoms with Crippen LogP contribution < -0.4 is 11.1 Å². The zero-order valence-corrected chi connectivity index (χ0v) is 13.7. The molecule has 0 aliphatic carbocycles. The summed E-state index contributed by atoms with van der Waals surface area (Å²) in [7, 11) is 1.34. The number of anilines is 3. The van der Waals surface area contributed by atoms with Gasteiger partial charge in [0.25, 0.3) is 0 Å². The van der Waals surface area contributed by atoms with Gasteiger partial charge in [0.2, 0.25) is 0 Å². The van der Waals surface area contributed by atoms with Crippen molar-refractivity contribution in [2.75, 3.05) is 18.2 Å². The number of benzene rings is 2. The Balaban J connectivity index is 2.38. The van der Waals surface area contributed by atoms with Crippen LogP contribution in [0.4, 0.5) is 17.1 Å². The van der Waals surface area contributed by atoms with Crippen LogP contribution in [0.3, 0.4) is 0 Å². The lowest BCUT2D eigenvalue weighted by atomic mass is 10.1. The highest BCUT2D eigenvalue weighted by Gasteiger charge is 2.13. The fourth-order valence-corrected chi connectivity index (χ4v) is 2.36. The van der Waals surface area contributed by atoms with Crippen LogP contribution in [-0.2, 0) is 4.74 Å². The van der Waals surface area contributed by atoms with Crippen molar-refractivity contribution < 1.29 is 9.53 Å². The normalized spacial score (nSPS) is 10.3. The first-order valence-electron chi connectivity index (χ1n) is 6.44. The molecule has 3 N–H and O–H groups in total. The third kappa shape index (κ3) is 3.19. The lowest BCUT2D eigenvalue weighted by Gasteiger charge is -2.14. The van der Waals surface area contributed by atoms with Gasteiger partial charge < -0.3 is 15.8 Å². The lowest BCUT2D eigenvalue weighted by Crippen LogP contribution is -2.07. The third-order valence-corrected chi connectivity index (χ3v) is 4.48. The number of methoxy groups -OCH3 is 1. The SMILES string of the molecule is COC(=O)c1cccc(Nc2cc(C)c(Br)c(C)c2)c1N. The summed E-state index contributed by atoms with van der Waals surface area (Å²) in [6, 6.07) is 9.27. The van der Waals surface area contributed by atoms with Gasteiger partial charge in [-0.25, -0.2) is 4.79 Å². The highest BCUT2D eigenvalue weighted by Crippen LogP contribution is 2.30. The van der Waals surface area contributed by atoms with Crippen LogP contribution >= 0.6 is 15.9 Å². The molecule has 21 heavy (non-hydrogen) atoms. The molecule has 4 nitrogen and oxygen atoms in total. The lowest BCUT2D eigenvalue weighted by molar-refractivity contribution is 0.0602. The zero-order valence-electron chi connectivity index (χ0n) is 12.2. The minimum atomic E-state index is -0.445. The maximum Gasteiger partial charge on any atom is 0.340 e. The maximum absolute atomic E-state index is 11.7. The molecule has 110 valence electrons. The first-order valence-corrected chi connectivity index (χ1v) is 7.24. The number of carbonyl (C=O) groups excluding carboxylic acids is 1. The standard InChI is InChI=1S/C16H17BrN2O2/c1-9-7-11(8-10(2)14(9)17)19-13-6-4-5-12(15(13)18)16(20)21-3/h4-8,19H,18H2,1-3H3. The van der Waals surface area contributed by atoms with Crippen LogP contribution in [0, 0.1) is 13.8 Å². The number of hydrogen-bond acceptors (Lipinski definition) is 4. The monoisotopic (exact) mass is 348 g/mol. The van der Waals surface area contributed by atoms with E-state index in [0.717, 1.165) is 21.3 Å². The summed E-state index contributed by atoms with van der Waals surface area (Å²) in [5, 5.41) is 3.25. The van der Waals surface area contributed by atoms with Crippen molar-refractivity contribution in [3.8, 4) is 0 Å². The number of hydrogen-bond donors (Lipinski definition) is 2. The van der Waals surface area contributed by atoms with E-state index in [1.165, 1.54) is 7.11 Å². The van der Waals surface area contributed by atoms with Crippen molar-refractivity contribution in [3.63, 3.8) is 0 Å². The molecule has 0 bridgehead atoms. The fourth-order valence-electron chi connectivity index (χ4n) is 2.14.